The van der Waals surface area contributed by atoms with Gasteiger partial charge in [-0.25, -0.2) is 4.98 Å². The summed E-state index contributed by atoms with van der Waals surface area (Å²) in [7, 11) is 1.88. The summed E-state index contributed by atoms with van der Waals surface area (Å²) in [4.78, 5) is 21.5. The summed E-state index contributed by atoms with van der Waals surface area (Å²) in [6.45, 7) is 3.67. The van der Waals surface area contributed by atoms with E-state index in [4.69, 9.17) is 4.98 Å². The zero-order valence-electron chi connectivity index (χ0n) is 15.3. The molecule has 0 saturated carbocycles. The van der Waals surface area contributed by atoms with Gasteiger partial charge in [0.1, 0.15) is 5.82 Å². The maximum atomic E-state index is 12.4. The van der Waals surface area contributed by atoms with Gasteiger partial charge in [-0.3, -0.25) is 4.79 Å². The smallest absolute Gasteiger partial charge is 0.226 e. The van der Waals surface area contributed by atoms with Gasteiger partial charge in [-0.2, -0.15) is 0 Å². The number of benzene rings is 2. The lowest BCUT2D eigenvalue weighted by Crippen LogP contribution is -2.26. The molecule has 0 fully saturated rings. The van der Waals surface area contributed by atoms with E-state index < -0.39 is 0 Å². The van der Waals surface area contributed by atoms with E-state index in [9.17, 15) is 4.79 Å². The Morgan fingerprint density at radius 3 is 2.62 bits per heavy atom. The zero-order chi connectivity index (χ0) is 18.1. The molecule has 3 aromatic rings. The fourth-order valence-electron chi connectivity index (χ4n) is 3.77. The van der Waals surface area contributed by atoms with Gasteiger partial charge >= 0.3 is 0 Å². The van der Waals surface area contributed by atoms with Crippen LogP contribution in [0.15, 0.2) is 54.6 Å². The second-order valence-electron chi connectivity index (χ2n) is 6.74. The summed E-state index contributed by atoms with van der Waals surface area (Å²) < 4.78 is 0. The van der Waals surface area contributed by atoms with Crippen LogP contribution in [0.5, 0.6) is 0 Å². The fraction of sp³-hybridized carbons (Fsp3) is 0.273. The third-order valence-corrected chi connectivity index (χ3v) is 5.10. The van der Waals surface area contributed by atoms with Gasteiger partial charge < -0.3 is 9.80 Å². The Labute approximate surface area is 154 Å². The number of carbonyl (C=O) groups is 1. The molecule has 0 saturated heterocycles. The summed E-state index contributed by atoms with van der Waals surface area (Å²) in [5.41, 5.74) is 4.42. The maximum absolute atomic E-state index is 12.4. The van der Waals surface area contributed by atoms with E-state index in [-0.39, 0.29) is 5.91 Å². The molecule has 0 bridgehead atoms. The Balaban J connectivity index is 1.83. The molecular weight excluding hydrogens is 322 g/mol. The van der Waals surface area contributed by atoms with E-state index in [2.05, 4.69) is 35.2 Å². The molecule has 1 aliphatic heterocycles. The van der Waals surface area contributed by atoms with Gasteiger partial charge in [0.05, 0.1) is 11.2 Å². The number of carbonyl (C=O) groups excluding carboxylic acids is 1. The van der Waals surface area contributed by atoms with Crippen molar-refractivity contribution >= 4 is 28.3 Å². The summed E-state index contributed by atoms with van der Waals surface area (Å²) in [5, 5.41) is 1.05. The largest absolute Gasteiger partial charge is 0.352 e. The van der Waals surface area contributed by atoms with E-state index in [1.165, 1.54) is 11.1 Å². The summed E-state index contributed by atoms with van der Waals surface area (Å²) in [5.74, 6) is 1.14. The van der Waals surface area contributed by atoms with Gasteiger partial charge in [-0.15, -0.1) is 0 Å². The second kappa shape index (κ2) is 6.79. The Kier molecular flexibility index (Phi) is 4.33. The highest BCUT2D eigenvalue weighted by Gasteiger charge is 2.28. The van der Waals surface area contributed by atoms with E-state index in [1.807, 2.05) is 43.1 Å². The molecule has 0 N–H and O–H groups in total. The third kappa shape index (κ3) is 2.81. The molecule has 26 heavy (non-hydrogen) atoms. The predicted molar refractivity (Wildman–Crippen MR) is 107 cm³/mol. The monoisotopic (exact) mass is 345 g/mol. The van der Waals surface area contributed by atoms with Crippen molar-refractivity contribution in [3.8, 4) is 0 Å². The molecule has 132 valence electrons. The number of aromatic nitrogens is 1. The lowest BCUT2D eigenvalue weighted by atomic mass is 10.1. The van der Waals surface area contributed by atoms with Gasteiger partial charge in [-0.05, 0) is 18.1 Å². The molecule has 2 heterocycles. The van der Waals surface area contributed by atoms with Crippen molar-refractivity contribution in [1.82, 2.24) is 4.98 Å². The van der Waals surface area contributed by atoms with E-state index in [1.54, 1.807) is 0 Å². The quantitative estimate of drug-likeness (QED) is 0.712. The molecule has 4 rings (SSSR count). The van der Waals surface area contributed by atoms with Crippen LogP contribution >= 0.6 is 0 Å². The first-order valence-electron chi connectivity index (χ1n) is 9.16. The molecule has 1 aromatic heterocycles. The van der Waals surface area contributed by atoms with Crippen LogP contribution in [0.25, 0.3) is 10.9 Å². The third-order valence-electron chi connectivity index (χ3n) is 5.10. The SMILES string of the molecule is CCC(=O)N(C)c1c2c(nc3ccccc13)N(Cc1ccccc1)CC2. The van der Waals surface area contributed by atoms with Gasteiger partial charge in [0.15, 0.2) is 0 Å². The molecule has 1 aliphatic rings. The van der Waals surface area contributed by atoms with Gasteiger partial charge in [-0.1, -0.05) is 55.5 Å². The summed E-state index contributed by atoms with van der Waals surface area (Å²) in [6.07, 6.45) is 1.41. The van der Waals surface area contributed by atoms with Crippen LogP contribution < -0.4 is 9.80 Å². The number of fused-ring (bicyclic) bond motifs is 2. The Bertz CT molecular complexity index is 952. The lowest BCUT2D eigenvalue weighted by Gasteiger charge is -2.24. The van der Waals surface area contributed by atoms with Crippen LogP contribution in [0.2, 0.25) is 0 Å². The summed E-state index contributed by atoms with van der Waals surface area (Å²) >= 11 is 0. The van der Waals surface area contributed by atoms with E-state index in [0.29, 0.717) is 6.42 Å². The average molecular weight is 345 g/mol. The number of anilines is 2. The lowest BCUT2D eigenvalue weighted by molar-refractivity contribution is -0.118. The average Bonchev–Trinajstić information content (AvgIpc) is 3.08. The van der Waals surface area contributed by atoms with Crippen molar-refractivity contribution in [3.63, 3.8) is 0 Å². The maximum Gasteiger partial charge on any atom is 0.226 e. The first-order chi connectivity index (χ1) is 12.7. The molecule has 0 atom stereocenters. The first-order valence-corrected chi connectivity index (χ1v) is 9.16. The Morgan fingerprint density at radius 1 is 1.12 bits per heavy atom. The highest BCUT2D eigenvalue weighted by molar-refractivity contribution is 6.05. The van der Waals surface area contributed by atoms with Gasteiger partial charge in [0.25, 0.3) is 0 Å². The van der Waals surface area contributed by atoms with Crippen LogP contribution in [-0.4, -0.2) is 24.5 Å². The topological polar surface area (TPSA) is 36.4 Å². The molecule has 4 heteroatoms. The first kappa shape index (κ1) is 16.6. The normalized spacial score (nSPS) is 13.1. The van der Waals surface area contributed by atoms with E-state index >= 15 is 0 Å². The number of pyridine rings is 1. The van der Waals surface area contributed by atoms with Crippen LogP contribution in [0, 0.1) is 0 Å². The van der Waals surface area contributed by atoms with Gasteiger partial charge in [0, 0.05) is 37.5 Å². The number of nitrogens with zero attached hydrogens (tertiary/aromatic N) is 3. The Hall–Kier alpha value is -2.88. The molecule has 4 nitrogen and oxygen atoms in total. The number of hydrogen-bond donors (Lipinski definition) is 0. The minimum Gasteiger partial charge on any atom is -0.352 e. The van der Waals surface area contributed by atoms with E-state index in [0.717, 1.165) is 41.9 Å². The van der Waals surface area contributed by atoms with Crippen LogP contribution in [-0.2, 0) is 17.8 Å². The molecule has 0 radical (unpaired) electrons. The second-order valence-corrected chi connectivity index (χ2v) is 6.74. The predicted octanol–water partition coefficient (Wildman–Crippen LogP) is 4.17. The number of amides is 1. The standard InChI is InChI=1S/C22H23N3O/c1-3-20(26)24(2)21-17-11-7-8-12-19(17)23-22-18(21)13-14-25(22)15-16-9-5-4-6-10-16/h4-12H,3,13-15H2,1-2H3. The van der Waals surface area contributed by atoms with Crippen molar-refractivity contribution in [2.24, 2.45) is 0 Å². The zero-order valence-corrected chi connectivity index (χ0v) is 15.3. The molecule has 0 unspecified atom stereocenters. The number of hydrogen-bond acceptors (Lipinski definition) is 3. The fourth-order valence-corrected chi connectivity index (χ4v) is 3.77. The molecular formula is C22H23N3O. The number of rotatable bonds is 4. The molecule has 1 amide bonds. The van der Waals surface area contributed by atoms with Crippen LogP contribution in [0.1, 0.15) is 24.5 Å². The van der Waals surface area contributed by atoms with Crippen molar-refractivity contribution in [2.45, 2.75) is 26.3 Å². The highest BCUT2D eigenvalue weighted by atomic mass is 16.2. The highest BCUT2D eigenvalue weighted by Crippen LogP contribution is 2.39. The molecule has 0 aliphatic carbocycles. The molecule has 2 aromatic carbocycles. The van der Waals surface area contributed by atoms with Gasteiger partial charge in [0.2, 0.25) is 5.91 Å². The van der Waals surface area contributed by atoms with Crippen molar-refractivity contribution in [2.75, 3.05) is 23.4 Å². The minimum absolute atomic E-state index is 0.130. The minimum atomic E-state index is 0.130. The summed E-state index contributed by atoms with van der Waals surface area (Å²) in [6, 6.07) is 18.6. The van der Waals surface area contributed by atoms with Crippen molar-refractivity contribution < 1.29 is 4.79 Å². The number of para-hydroxylation sites is 1. The van der Waals surface area contributed by atoms with Crippen LogP contribution in [0.3, 0.4) is 0 Å². The van der Waals surface area contributed by atoms with Crippen LogP contribution in [0.4, 0.5) is 11.5 Å². The van der Waals surface area contributed by atoms with Crippen molar-refractivity contribution in [1.29, 1.82) is 0 Å². The Morgan fingerprint density at radius 2 is 1.85 bits per heavy atom. The molecule has 0 spiro atoms. The van der Waals surface area contributed by atoms with Crippen molar-refractivity contribution in [3.05, 3.63) is 65.7 Å².